The van der Waals surface area contributed by atoms with E-state index in [0.29, 0.717) is 43.6 Å². The molecule has 0 fully saturated rings. The number of aromatic nitrogens is 1. The van der Waals surface area contributed by atoms with Crippen molar-refractivity contribution < 1.29 is 33.3 Å². The summed E-state index contributed by atoms with van der Waals surface area (Å²) in [4.78, 5) is 43.4. The summed E-state index contributed by atoms with van der Waals surface area (Å²) in [6.45, 7) is 5.39. The molecule has 216 valence electrons. The van der Waals surface area contributed by atoms with Gasteiger partial charge in [-0.3, -0.25) is 9.36 Å². The first-order valence-corrected chi connectivity index (χ1v) is 13.8. The van der Waals surface area contributed by atoms with E-state index in [-0.39, 0.29) is 23.3 Å². The number of rotatable bonds is 8. The van der Waals surface area contributed by atoms with Crippen LogP contribution in [0.15, 0.2) is 74.0 Å². The number of hydrogen-bond donors (Lipinski definition) is 1. The molecule has 11 heteroatoms. The number of aromatic carboxylic acids is 1. The van der Waals surface area contributed by atoms with Gasteiger partial charge in [-0.05, 0) is 62.7 Å². The van der Waals surface area contributed by atoms with Crippen LogP contribution in [0.2, 0.25) is 0 Å². The number of methoxy groups -OCH3 is 2. The molecule has 0 saturated heterocycles. The zero-order valence-electron chi connectivity index (χ0n) is 23.6. The number of aryl methyl sites for hydroxylation is 1. The van der Waals surface area contributed by atoms with E-state index < -0.39 is 18.0 Å². The third-order valence-electron chi connectivity index (χ3n) is 6.89. The maximum atomic E-state index is 13.9. The van der Waals surface area contributed by atoms with Gasteiger partial charge in [0.15, 0.2) is 4.80 Å². The quantitative estimate of drug-likeness (QED) is 0.305. The molecule has 1 N–H and O–H groups in total. The van der Waals surface area contributed by atoms with E-state index in [0.717, 1.165) is 11.1 Å². The Balaban J connectivity index is 1.64. The van der Waals surface area contributed by atoms with Gasteiger partial charge in [-0.1, -0.05) is 17.4 Å². The Labute approximate surface area is 244 Å². The zero-order chi connectivity index (χ0) is 30.1. The minimum Gasteiger partial charge on any atom is -0.497 e. The van der Waals surface area contributed by atoms with Crippen molar-refractivity contribution in [2.24, 2.45) is 4.99 Å². The third kappa shape index (κ3) is 5.14. The lowest BCUT2D eigenvalue weighted by Crippen LogP contribution is -2.40. The highest BCUT2D eigenvalue weighted by atomic mass is 32.1. The summed E-state index contributed by atoms with van der Waals surface area (Å²) < 4.78 is 24.2. The van der Waals surface area contributed by atoms with Gasteiger partial charge in [-0.2, -0.15) is 0 Å². The Kier molecular flexibility index (Phi) is 7.86. The largest absolute Gasteiger partial charge is 0.497 e. The topological polar surface area (TPSA) is 130 Å². The fourth-order valence-corrected chi connectivity index (χ4v) is 5.93. The van der Waals surface area contributed by atoms with Gasteiger partial charge in [0.25, 0.3) is 5.56 Å². The molecule has 0 aliphatic carbocycles. The Morgan fingerprint density at radius 2 is 1.88 bits per heavy atom. The number of benzene rings is 2. The number of esters is 1. The van der Waals surface area contributed by atoms with E-state index >= 15 is 0 Å². The molecule has 42 heavy (non-hydrogen) atoms. The Bertz CT molecular complexity index is 1930. The number of carbonyl (C=O) groups is 2. The number of furan rings is 1. The molecule has 2 aromatic heterocycles. The molecule has 0 amide bonds. The number of thiazole rings is 1. The summed E-state index contributed by atoms with van der Waals surface area (Å²) in [6, 6.07) is 12.6. The number of hydrogen-bond acceptors (Lipinski definition) is 9. The second kappa shape index (κ2) is 11.5. The molecule has 4 aromatic rings. The fourth-order valence-electron chi connectivity index (χ4n) is 4.91. The average molecular weight is 589 g/mol. The highest BCUT2D eigenvalue weighted by Crippen LogP contribution is 2.37. The molecule has 5 rings (SSSR count). The lowest BCUT2D eigenvalue weighted by atomic mass is 9.95. The third-order valence-corrected chi connectivity index (χ3v) is 7.87. The maximum Gasteiger partial charge on any atom is 0.338 e. The molecule has 0 spiro atoms. The second-order valence-corrected chi connectivity index (χ2v) is 10.5. The van der Waals surface area contributed by atoms with Crippen LogP contribution >= 0.6 is 11.3 Å². The van der Waals surface area contributed by atoms with Crippen molar-refractivity contribution in [1.82, 2.24) is 4.57 Å². The second-order valence-electron chi connectivity index (χ2n) is 9.45. The van der Waals surface area contributed by atoms with Crippen molar-refractivity contribution in [2.75, 3.05) is 20.8 Å². The number of ether oxygens (including phenoxy) is 3. The minimum atomic E-state index is -1.01. The monoisotopic (exact) mass is 588 g/mol. The van der Waals surface area contributed by atoms with E-state index in [9.17, 15) is 19.5 Å². The number of carboxylic acids is 1. The Morgan fingerprint density at radius 3 is 2.55 bits per heavy atom. The molecule has 0 saturated carbocycles. The van der Waals surface area contributed by atoms with Crippen LogP contribution < -0.4 is 24.4 Å². The molecule has 0 radical (unpaired) electrons. The van der Waals surface area contributed by atoms with Gasteiger partial charge in [0.1, 0.15) is 29.1 Å². The number of carbonyl (C=O) groups excluding carboxylic acids is 1. The molecule has 3 heterocycles. The molecule has 1 aliphatic rings. The van der Waals surface area contributed by atoms with Crippen molar-refractivity contribution in [3.05, 3.63) is 102 Å². The zero-order valence-corrected chi connectivity index (χ0v) is 24.4. The van der Waals surface area contributed by atoms with E-state index in [2.05, 4.69) is 4.99 Å². The molecule has 1 aliphatic heterocycles. The van der Waals surface area contributed by atoms with Gasteiger partial charge in [0.05, 0.1) is 42.2 Å². The van der Waals surface area contributed by atoms with Crippen LogP contribution in [0.3, 0.4) is 0 Å². The summed E-state index contributed by atoms with van der Waals surface area (Å²) in [5, 5.41) is 9.26. The normalized spacial score (nSPS) is 14.8. The van der Waals surface area contributed by atoms with Gasteiger partial charge < -0.3 is 23.7 Å². The van der Waals surface area contributed by atoms with Crippen LogP contribution in [0.5, 0.6) is 11.5 Å². The summed E-state index contributed by atoms with van der Waals surface area (Å²) in [5.41, 5.74) is 2.54. The van der Waals surface area contributed by atoms with E-state index in [1.54, 1.807) is 69.3 Å². The number of allylic oxidation sites excluding steroid dienone is 1. The van der Waals surface area contributed by atoms with Crippen LogP contribution in [-0.2, 0) is 9.53 Å². The number of fused-ring (bicyclic) bond motifs is 1. The van der Waals surface area contributed by atoms with Crippen LogP contribution in [0.1, 0.15) is 47.1 Å². The predicted octanol–water partition coefficient (Wildman–Crippen LogP) is 4.08. The average Bonchev–Trinajstić information content (AvgIpc) is 3.55. The van der Waals surface area contributed by atoms with Crippen molar-refractivity contribution in [3.63, 3.8) is 0 Å². The van der Waals surface area contributed by atoms with Gasteiger partial charge in [-0.25, -0.2) is 14.6 Å². The SMILES string of the molecule is CCOC(=O)C1=C(C)N=c2s/c(=C\c3ccc(-c4ccc(C(=O)O)cc4C)o3)c(=O)n2C1c1ccc(OC)cc1OC. The van der Waals surface area contributed by atoms with Crippen molar-refractivity contribution in [3.8, 4) is 22.8 Å². The lowest BCUT2D eigenvalue weighted by Gasteiger charge is -2.26. The first kappa shape index (κ1) is 28.6. The predicted molar refractivity (Wildman–Crippen MR) is 156 cm³/mol. The van der Waals surface area contributed by atoms with E-state index in [4.69, 9.17) is 18.6 Å². The van der Waals surface area contributed by atoms with Crippen molar-refractivity contribution in [2.45, 2.75) is 26.8 Å². The summed E-state index contributed by atoms with van der Waals surface area (Å²) in [7, 11) is 3.05. The molecule has 1 atom stereocenters. The summed E-state index contributed by atoms with van der Waals surface area (Å²) in [5.74, 6) is 0.373. The van der Waals surface area contributed by atoms with E-state index in [1.807, 2.05) is 0 Å². The van der Waals surface area contributed by atoms with Crippen LogP contribution in [0.25, 0.3) is 17.4 Å². The minimum absolute atomic E-state index is 0.159. The first-order chi connectivity index (χ1) is 20.2. The molecule has 10 nitrogen and oxygen atoms in total. The van der Waals surface area contributed by atoms with Gasteiger partial charge in [-0.15, -0.1) is 0 Å². The molecule has 1 unspecified atom stereocenters. The standard InChI is InChI=1S/C31H28N2O8S/c1-6-40-30(37)26-17(3)32-31-33(27(26)22-11-8-19(38-4)14-24(22)39-5)28(34)25(42-31)15-20-9-12-23(41-20)21-10-7-18(29(35)36)13-16(21)2/h7-15,27H,6H2,1-5H3,(H,35,36)/b25-15-. The van der Waals surface area contributed by atoms with Gasteiger partial charge in [0, 0.05) is 23.3 Å². The van der Waals surface area contributed by atoms with E-state index in [1.165, 1.54) is 36.2 Å². The van der Waals surface area contributed by atoms with Gasteiger partial charge in [0.2, 0.25) is 0 Å². The lowest BCUT2D eigenvalue weighted by molar-refractivity contribution is -0.139. The fraction of sp³-hybridized carbons (Fsp3) is 0.226. The number of carboxylic acid groups (broad SMARTS) is 1. The first-order valence-electron chi connectivity index (χ1n) is 13.0. The molecule has 0 bridgehead atoms. The molecule has 2 aromatic carbocycles. The van der Waals surface area contributed by atoms with Crippen molar-refractivity contribution in [1.29, 1.82) is 0 Å². The smallest absolute Gasteiger partial charge is 0.338 e. The number of nitrogens with zero attached hydrogens (tertiary/aromatic N) is 2. The molecular weight excluding hydrogens is 560 g/mol. The van der Waals surface area contributed by atoms with Crippen LogP contribution in [0.4, 0.5) is 0 Å². The maximum absolute atomic E-state index is 13.9. The Morgan fingerprint density at radius 1 is 1.10 bits per heavy atom. The van der Waals surface area contributed by atoms with Crippen molar-refractivity contribution >= 4 is 29.4 Å². The Hall–Kier alpha value is -4.90. The molecular formula is C31H28N2O8S. The van der Waals surface area contributed by atoms with Gasteiger partial charge >= 0.3 is 11.9 Å². The van der Waals surface area contributed by atoms with Crippen LogP contribution in [0, 0.1) is 6.92 Å². The summed E-state index contributed by atoms with van der Waals surface area (Å²) in [6.07, 6.45) is 1.62. The summed E-state index contributed by atoms with van der Waals surface area (Å²) >= 11 is 1.17. The van der Waals surface area contributed by atoms with Crippen LogP contribution in [-0.4, -0.2) is 42.4 Å². The highest BCUT2D eigenvalue weighted by Gasteiger charge is 2.35. The highest BCUT2D eigenvalue weighted by molar-refractivity contribution is 7.07.